The van der Waals surface area contributed by atoms with E-state index in [1.807, 2.05) is 0 Å². The second-order valence-electron chi connectivity index (χ2n) is 3.73. The molecule has 0 spiro atoms. The molecule has 2 N–H and O–H groups in total. The molecule has 4 nitrogen and oxygen atoms in total. The van der Waals surface area contributed by atoms with E-state index in [1.165, 1.54) is 24.3 Å². The van der Waals surface area contributed by atoms with Crippen molar-refractivity contribution in [3.63, 3.8) is 0 Å². The van der Waals surface area contributed by atoms with Crippen LogP contribution in [0.1, 0.15) is 5.56 Å². The molecule has 0 bridgehead atoms. The van der Waals surface area contributed by atoms with E-state index in [2.05, 4.69) is 22.9 Å². The van der Waals surface area contributed by atoms with Crippen molar-refractivity contribution in [2.24, 2.45) is 0 Å². The van der Waals surface area contributed by atoms with Crippen LogP contribution in [-0.2, 0) is 9.59 Å². The highest BCUT2D eigenvalue weighted by Crippen LogP contribution is 2.07. The van der Waals surface area contributed by atoms with Gasteiger partial charge in [0.2, 0.25) is 0 Å². The number of carbonyl (C=O) groups is 2. The lowest BCUT2D eigenvalue weighted by Crippen LogP contribution is -2.51. The van der Waals surface area contributed by atoms with Crippen molar-refractivity contribution in [2.75, 3.05) is 0 Å². The number of benzene rings is 1. The predicted molar refractivity (Wildman–Crippen MR) is 72.4 cm³/mol. The molecule has 6 heteroatoms. The summed E-state index contributed by atoms with van der Waals surface area (Å²) in [5, 5.41) is 4.62. The van der Waals surface area contributed by atoms with Crippen LogP contribution in [0.4, 0.5) is 4.39 Å². The van der Waals surface area contributed by atoms with Crippen molar-refractivity contribution >= 4 is 35.2 Å². The molecular formula is C13H9FN2O2S. The van der Waals surface area contributed by atoms with Gasteiger partial charge in [0.05, 0.1) is 0 Å². The Kier molecular flexibility index (Phi) is 3.82. The first-order valence-electron chi connectivity index (χ1n) is 5.37. The molecule has 0 atom stereocenters. The number of halogens is 1. The number of rotatable bonds is 2. The molecule has 1 heterocycles. The average molecular weight is 276 g/mol. The van der Waals surface area contributed by atoms with Crippen LogP contribution < -0.4 is 10.6 Å². The Hall–Kier alpha value is -2.34. The first kappa shape index (κ1) is 13.1. The number of nitrogens with one attached hydrogen (secondary N) is 2. The van der Waals surface area contributed by atoms with Crippen LogP contribution in [0.25, 0.3) is 6.08 Å². The topological polar surface area (TPSA) is 58.2 Å². The SMILES string of the molecule is O=C1NC(=S)NC(=O)C1=CC=Cc1cccc(F)c1. The van der Waals surface area contributed by atoms with E-state index in [4.69, 9.17) is 0 Å². The average Bonchev–Trinajstić information content (AvgIpc) is 2.32. The molecule has 0 unspecified atom stereocenters. The zero-order chi connectivity index (χ0) is 13.8. The molecule has 0 saturated carbocycles. The van der Waals surface area contributed by atoms with Gasteiger partial charge in [0.15, 0.2) is 5.11 Å². The second kappa shape index (κ2) is 5.53. The molecule has 1 aromatic rings. The summed E-state index contributed by atoms with van der Waals surface area (Å²) in [7, 11) is 0. The number of carbonyl (C=O) groups excluding carboxylic acids is 2. The molecule has 2 amide bonds. The van der Waals surface area contributed by atoms with Gasteiger partial charge in [-0.15, -0.1) is 0 Å². The fraction of sp³-hybridized carbons (Fsp3) is 0. The summed E-state index contributed by atoms with van der Waals surface area (Å²) in [6.07, 6.45) is 4.43. The van der Waals surface area contributed by atoms with E-state index in [1.54, 1.807) is 18.2 Å². The minimum absolute atomic E-state index is 0.0127. The molecule has 1 saturated heterocycles. The second-order valence-corrected chi connectivity index (χ2v) is 4.14. The zero-order valence-electron chi connectivity index (χ0n) is 9.64. The van der Waals surface area contributed by atoms with Crippen molar-refractivity contribution in [1.82, 2.24) is 10.6 Å². The Balaban J connectivity index is 2.16. The summed E-state index contributed by atoms with van der Waals surface area (Å²) in [4.78, 5) is 23.0. The monoisotopic (exact) mass is 276 g/mol. The summed E-state index contributed by atoms with van der Waals surface area (Å²) in [6.45, 7) is 0. The maximum absolute atomic E-state index is 12.9. The maximum Gasteiger partial charge on any atom is 0.263 e. The molecule has 19 heavy (non-hydrogen) atoms. The molecule has 0 aromatic heterocycles. The smallest absolute Gasteiger partial charge is 0.263 e. The maximum atomic E-state index is 12.9. The van der Waals surface area contributed by atoms with E-state index in [0.29, 0.717) is 5.56 Å². The molecule has 0 aliphatic carbocycles. The van der Waals surface area contributed by atoms with Crippen LogP contribution in [0.5, 0.6) is 0 Å². The number of allylic oxidation sites excluding steroid dienone is 2. The lowest BCUT2D eigenvalue weighted by atomic mass is 10.1. The molecule has 1 aliphatic rings. The molecular weight excluding hydrogens is 267 g/mol. The van der Waals surface area contributed by atoms with Gasteiger partial charge in [-0.25, -0.2) is 4.39 Å². The van der Waals surface area contributed by atoms with Gasteiger partial charge >= 0.3 is 0 Å². The Morgan fingerprint density at radius 2 is 1.84 bits per heavy atom. The molecule has 1 aromatic carbocycles. The van der Waals surface area contributed by atoms with Gasteiger partial charge < -0.3 is 0 Å². The van der Waals surface area contributed by atoms with Gasteiger partial charge in [-0.1, -0.05) is 24.3 Å². The standard InChI is InChI=1S/C13H9FN2O2S/c14-9-5-1-3-8(7-9)4-2-6-10-11(17)15-13(19)16-12(10)18/h1-7H,(H2,15,16,17,18,19). The summed E-state index contributed by atoms with van der Waals surface area (Å²) >= 11 is 4.67. The Labute approximate surface area is 114 Å². The van der Waals surface area contributed by atoms with Crippen LogP contribution >= 0.6 is 12.2 Å². The van der Waals surface area contributed by atoms with E-state index in [-0.39, 0.29) is 16.5 Å². The lowest BCUT2D eigenvalue weighted by Gasteiger charge is -2.15. The van der Waals surface area contributed by atoms with Gasteiger partial charge in [-0.3, -0.25) is 20.2 Å². The van der Waals surface area contributed by atoms with Crippen LogP contribution in [0.15, 0.2) is 42.0 Å². The van der Waals surface area contributed by atoms with Crippen LogP contribution in [-0.4, -0.2) is 16.9 Å². The third-order valence-corrected chi connectivity index (χ3v) is 2.55. The van der Waals surface area contributed by atoms with E-state index in [9.17, 15) is 14.0 Å². The largest absolute Gasteiger partial charge is 0.299 e. The van der Waals surface area contributed by atoms with Crippen molar-refractivity contribution in [1.29, 1.82) is 0 Å². The van der Waals surface area contributed by atoms with Crippen molar-refractivity contribution in [3.8, 4) is 0 Å². The Morgan fingerprint density at radius 1 is 1.16 bits per heavy atom. The quantitative estimate of drug-likeness (QED) is 0.486. The van der Waals surface area contributed by atoms with Gasteiger partial charge in [0.25, 0.3) is 11.8 Å². The molecule has 0 radical (unpaired) electrons. The third kappa shape index (κ3) is 3.32. The van der Waals surface area contributed by atoms with Crippen molar-refractivity contribution < 1.29 is 14.0 Å². The van der Waals surface area contributed by atoms with Gasteiger partial charge in [-0.05, 0) is 36.0 Å². The van der Waals surface area contributed by atoms with E-state index >= 15 is 0 Å². The van der Waals surface area contributed by atoms with Crippen molar-refractivity contribution in [3.05, 3.63) is 53.4 Å². The minimum atomic E-state index is -0.558. The van der Waals surface area contributed by atoms with E-state index < -0.39 is 11.8 Å². The fourth-order valence-corrected chi connectivity index (χ4v) is 1.68. The summed E-state index contributed by atoms with van der Waals surface area (Å²) in [5.41, 5.74) is 0.574. The van der Waals surface area contributed by atoms with Crippen molar-refractivity contribution in [2.45, 2.75) is 0 Å². The first-order chi connectivity index (χ1) is 9.06. The lowest BCUT2D eigenvalue weighted by molar-refractivity contribution is -0.123. The number of thiocarbonyl (C=S) groups is 1. The normalized spacial score (nSPS) is 15.4. The number of amides is 2. The summed E-state index contributed by atoms with van der Waals surface area (Å²) in [5.74, 6) is -1.47. The molecule has 96 valence electrons. The molecule has 1 fully saturated rings. The summed E-state index contributed by atoms with van der Waals surface area (Å²) < 4.78 is 12.9. The minimum Gasteiger partial charge on any atom is -0.299 e. The van der Waals surface area contributed by atoms with Gasteiger partial charge in [0.1, 0.15) is 11.4 Å². The van der Waals surface area contributed by atoms with Gasteiger partial charge in [0, 0.05) is 0 Å². The van der Waals surface area contributed by atoms with Gasteiger partial charge in [-0.2, -0.15) is 0 Å². The zero-order valence-corrected chi connectivity index (χ0v) is 10.5. The fourth-order valence-electron chi connectivity index (χ4n) is 1.49. The summed E-state index contributed by atoms with van der Waals surface area (Å²) in [6, 6.07) is 5.94. The van der Waals surface area contributed by atoms with Crippen LogP contribution in [0, 0.1) is 5.82 Å². The third-order valence-electron chi connectivity index (χ3n) is 2.34. The highest BCUT2D eigenvalue weighted by Gasteiger charge is 2.24. The molecule has 1 aliphatic heterocycles. The molecule has 2 rings (SSSR count). The number of hydrogen-bond acceptors (Lipinski definition) is 3. The Morgan fingerprint density at radius 3 is 2.47 bits per heavy atom. The number of hydrogen-bond donors (Lipinski definition) is 2. The first-order valence-corrected chi connectivity index (χ1v) is 5.77. The van der Waals surface area contributed by atoms with Crippen LogP contribution in [0.2, 0.25) is 0 Å². The Bertz CT molecular complexity index is 601. The highest BCUT2D eigenvalue weighted by molar-refractivity contribution is 7.80. The van der Waals surface area contributed by atoms with Crippen LogP contribution in [0.3, 0.4) is 0 Å². The van der Waals surface area contributed by atoms with E-state index in [0.717, 1.165) is 0 Å². The predicted octanol–water partition coefficient (Wildman–Crippen LogP) is 1.30. The highest BCUT2D eigenvalue weighted by atomic mass is 32.1.